The van der Waals surface area contributed by atoms with Gasteiger partial charge in [0.2, 0.25) is 5.89 Å². The Hall–Kier alpha value is -2.60. The van der Waals surface area contributed by atoms with Gasteiger partial charge >= 0.3 is 5.97 Å². The van der Waals surface area contributed by atoms with Gasteiger partial charge in [-0.05, 0) is 80.1 Å². The zero-order valence-electron chi connectivity index (χ0n) is 17.8. The number of fused-ring (bicyclic) bond motifs is 1. The molecule has 5 nitrogen and oxygen atoms in total. The van der Waals surface area contributed by atoms with Gasteiger partial charge in [0.25, 0.3) is 0 Å². The number of hydrogen-bond acceptors (Lipinski definition) is 5. The highest BCUT2D eigenvalue weighted by molar-refractivity contribution is 9.10. The Labute approximate surface area is 190 Å². The molecule has 1 heterocycles. The van der Waals surface area contributed by atoms with Crippen molar-refractivity contribution >= 4 is 21.9 Å². The van der Waals surface area contributed by atoms with Crippen LogP contribution in [0.2, 0.25) is 0 Å². The summed E-state index contributed by atoms with van der Waals surface area (Å²) < 4.78 is 18.0. The first-order chi connectivity index (χ1) is 15.0. The molecule has 0 amide bonds. The predicted octanol–water partition coefficient (Wildman–Crippen LogP) is 6.02. The molecule has 0 unspecified atom stereocenters. The van der Waals surface area contributed by atoms with Gasteiger partial charge < -0.3 is 13.9 Å². The highest BCUT2D eigenvalue weighted by Crippen LogP contribution is 2.37. The lowest BCUT2D eigenvalue weighted by atomic mass is 9.98. The van der Waals surface area contributed by atoms with Crippen LogP contribution in [0, 0.1) is 6.92 Å². The van der Waals surface area contributed by atoms with Crippen LogP contribution in [0.5, 0.6) is 5.75 Å². The van der Waals surface area contributed by atoms with Crippen molar-refractivity contribution in [1.29, 1.82) is 0 Å². The summed E-state index contributed by atoms with van der Waals surface area (Å²) in [7, 11) is 0. The van der Waals surface area contributed by atoms with E-state index in [0.717, 1.165) is 40.1 Å². The third-order valence-corrected chi connectivity index (χ3v) is 6.15. The Morgan fingerprint density at radius 2 is 2.03 bits per heavy atom. The number of carbonyl (C=O) groups excluding carboxylic acids is 1. The number of oxazole rings is 1. The maximum atomic E-state index is 11.8. The first kappa shape index (κ1) is 21.6. The van der Waals surface area contributed by atoms with Gasteiger partial charge in [-0.3, -0.25) is 4.79 Å². The SMILES string of the molecule is CCOC(=O)C[C@@H]1CCc2cc(OCCc3nc(-c4ccc(Br)cc4)oc3C)ccc21. The summed E-state index contributed by atoms with van der Waals surface area (Å²) in [5.41, 5.74) is 4.37. The minimum atomic E-state index is -0.119. The largest absolute Gasteiger partial charge is 0.493 e. The van der Waals surface area contributed by atoms with E-state index in [2.05, 4.69) is 33.0 Å². The number of esters is 1. The van der Waals surface area contributed by atoms with Gasteiger partial charge in [0.05, 0.1) is 25.3 Å². The zero-order valence-corrected chi connectivity index (χ0v) is 19.4. The molecule has 0 spiro atoms. The quantitative estimate of drug-likeness (QED) is 0.366. The molecule has 0 aliphatic heterocycles. The van der Waals surface area contributed by atoms with Gasteiger partial charge in [-0.2, -0.15) is 0 Å². The summed E-state index contributed by atoms with van der Waals surface area (Å²) in [5, 5.41) is 0. The topological polar surface area (TPSA) is 61.6 Å². The van der Waals surface area contributed by atoms with Crippen LogP contribution in [0.15, 0.2) is 51.4 Å². The number of halogens is 1. The number of rotatable bonds is 8. The highest BCUT2D eigenvalue weighted by atomic mass is 79.9. The van der Waals surface area contributed by atoms with Gasteiger partial charge in [0.15, 0.2) is 0 Å². The van der Waals surface area contributed by atoms with E-state index in [0.29, 0.717) is 31.9 Å². The molecule has 0 saturated heterocycles. The van der Waals surface area contributed by atoms with Gasteiger partial charge in [-0.25, -0.2) is 4.98 Å². The van der Waals surface area contributed by atoms with Crippen LogP contribution in [0.3, 0.4) is 0 Å². The Morgan fingerprint density at radius 1 is 1.23 bits per heavy atom. The Kier molecular flexibility index (Phi) is 6.76. The van der Waals surface area contributed by atoms with E-state index in [9.17, 15) is 4.79 Å². The van der Waals surface area contributed by atoms with Crippen molar-refractivity contribution in [2.75, 3.05) is 13.2 Å². The van der Waals surface area contributed by atoms with Crippen LogP contribution >= 0.6 is 15.9 Å². The van der Waals surface area contributed by atoms with Crippen molar-refractivity contribution in [2.24, 2.45) is 0 Å². The average Bonchev–Trinajstić information content (AvgIpc) is 3.32. The fourth-order valence-corrected chi connectivity index (χ4v) is 4.31. The maximum absolute atomic E-state index is 11.8. The fourth-order valence-electron chi connectivity index (χ4n) is 4.05. The summed E-state index contributed by atoms with van der Waals surface area (Å²) in [6.07, 6.45) is 3.08. The lowest BCUT2D eigenvalue weighted by molar-refractivity contribution is -0.143. The lowest BCUT2D eigenvalue weighted by Gasteiger charge is -2.12. The highest BCUT2D eigenvalue weighted by Gasteiger charge is 2.25. The summed E-state index contributed by atoms with van der Waals surface area (Å²) >= 11 is 3.44. The van der Waals surface area contributed by atoms with Crippen LogP contribution in [0.25, 0.3) is 11.5 Å². The van der Waals surface area contributed by atoms with Crippen molar-refractivity contribution in [2.45, 2.75) is 45.4 Å². The van der Waals surface area contributed by atoms with Gasteiger partial charge in [-0.15, -0.1) is 0 Å². The Bertz CT molecular complexity index is 1060. The lowest BCUT2D eigenvalue weighted by Crippen LogP contribution is -2.08. The summed E-state index contributed by atoms with van der Waals surface area (Å²) in [4.78, 5) is 16.5. The molecule has 0 radical (unpaired) electrons. The Balaban J connectivity index is 1.34. The molecule has 0 bridgehead atoms. The van der Waals surface area contributed by atoms with Crippen LogP contribution in [-0.2, 0) is 22.4 Å². The van der Waals surface area contributed by atoms with Crippen LogP contribution in [0.1, 0.15) is 48.3 Å². The Morgan fingerprint density at radius 3 is 2.81 bits per heavy atom. The second-order valence-corrected chi connectivity index (χ2v) is 8.65. The molecular weight excluding hydrogens is 458 g/mol. The molecule has 6 heteroatoms. The number of nitrogens with zero attached hydrogens (tertiary/aromatic N) is 1. The van der Waals surface area contributed by atoms with Gasteiger partial charge in [-0.1, -0.05) is 22.0 Å². The molecule has 31 heavy (non-hydrogen) atoms. The molecule has 3 aromatic rings. The monoisotopic (exact) mass is 483 g/mol. The molecule has 1 aliphatic carbocycles. The number of ether oxygens (including phenoxy) is 2. The molecule has 1 atom stereocenters. The molecular formula is C25H26BrNO4. The first-order valence-corrected chi connectivity index (χ1v) is 11.5. The molecule has 162 valence electrons. The average molecular weight is 484 g/mol. The van der Waals surface area contributed by atoms with Crippen LogP contribution in [0.4, 0.5) is 0 Å². The third-order valence-electron chi connectivity index (χ3n) is 5.63. The molecule has 0 saturated carbocycles. The number of aryl methyl sites for hydroxylation is 2. The summed E-state index contributed by atoms with van der Waals surface area (Å²) in [6.45, 7) is 4.73. The molecule has 1 aliphatic rings. The molecule has 0 N–H and O–H groups in total. The minimum Gasteiger partial charge on any atom is -0.493 e. The van der Waals surface area contributed by atoms with E-state index in [-0.39, 0.29) is 11.9 Å². The third kappa shape index (κ3) is 5.18. The maximum Gasteiger partial charge on any atom is 0.306 e. The van der Waals surface area contributed by atoms with Crippen molar-refractivity contribution in [3.63, 3.8) is 0 Å². The predicted molar refractivity (Wildman–Crippen MR) is 122 cm³/mol. The second-order valence-electron chi connectivity index (χ2n) is 7.73. The van der Waals surface area contributed by atoms with E-state index in [1.165, 1.54) is 11.1 Å². The number of benzene rings is 2. The van der Waals surface area contributed by atoms with Gasteiger partial charge in [0.1, 0.15) is 11.5 Å². The number of carbonyl (C=O) groups is 1. The normalized spacial score (nSPS) is 15.0. The minimum absolute atomic E-state index is 0.119. The molecule has 1 aromatic heterocycles. The van der Waals surface area contributed by atoms with Crippen molar-refractivity contribution in [3.8, 4) is 17.2 Å². The second kappa shape index (κ2) is 9.69. The van der Waals surface area contributed by atoms with E-state index in [1.807, 2.05) is 44.2 Å². The summed E-state index contributed by atoms with van der Waals surface area (Å²) in [6, 6.07) is 14.1. The van der Waals surface area contributed by atoms with E-state index >= 15 is 0 Å². The van der Waals surface area contributed by atoms with Crippen molar-refractivity contribution < 1.29 is 18.7 Å². The van der Waals surface area contributed by atoms with Crippen LogP contribution in [-0.4, -0.2) is 24.2 Å². The van der Waals surface area contributed by atoms with Crippen molar-refractivity contribution in [3.05, 3.63) is 69.5 Å². The van der Waals surface area contributed by atoms with Crippen LogP contribution < -0.4 is 4.74 Å². The van der Waals surface area contributed by atoms with E-state index in [1.54, 1.807) is 0 Å². The van der Waals surface area contributed by atoms with Gasteiger partial charge in [0, 0.05) is 16.5 Å². The van der Waals surface area contributed by atoms with E-state index in [4.69, 9.17) is 13.9 Å². The molecule has 4 rings (SSSR count). The molecule has 2 aromatic carbocycles. The standard InChI is InChI=1S/C25H26BrNO4/c1-3-29-24(28)15-19-5-4-18-14-21(10-11-22(18)19)30-13-12-23-16(2)31-25(27-23)17-6-8-20(26)9-7-17/h6-11,14,19H,3-5,12-13,15H2,1-2H3/t19-/m0/s1. The summed E-state index contributed by atoms with van der Waals surface area (Å²) in [5.74, 6) is 2.43. The molecule has 0 fully saturated rings. The first-order valence-electron chi connectivity index (χ1n) is 10.7. The number of hydrogen-bond donors (Lipinski definition) is 0. The van der Waals surface area contributed by atoms with Crippen molar-refractivity contribution in [1.82, 2.24) is 4.98 Å². The van der Waals surface area contributed by atoms with E-state index < -0.39 is 0 Å². The number of aromatic nitrogens is 1. The fraction of sp³-hybridized carbons (Fsp3) is 0.360. The zero-order chi connectivity index (χ0) is 21.8. The smallest absolute Gasteiger partial charge is 0.306 e.